The van der Waals surface area contributed by atoms with E-state index in [1.165, 1.54) is 5.56 Å². The summed E-state index contributed by atoms with van der Waals surface area (Å²) in [5.74, 6) is 2.70. The van der Waals surface area contributed by atoms with Gasteiger partial charge in [-0.3, -0.25) is 0 Å². The largest absolute Gasteiger partial charge is 0.493 e. The van der Waals surface area contributed by atoms with Crippen LogP contribution in [0, 0.1) is 0 Å². The summed E-state index contributed by atoms with van der Waals surface area (Å²) >= 11 is 7.76. The maximum absolute atomic E-state index is 5.93. The van der Waals surface area contributed by atoms with Crippen molar-refractivity contribution >= 4 is 29.1 Å². The first-order valence-corrected chi connectivity index (χ1v) is 7.58. The smallest absolute Gasteiger partial charge is 0.121 e. The van der Waals surface area contributed by atoms with Crippen molar-refractivity contribution in [3.63, 3.8) is 0 Å². The monoisotopic (exact) mass is 293 g/mol. The van der Waals surface area contributed by atoms with Gasteiger partial charge in [-0.15, -0.1) is 0 Å². The second-order valence-electron chi connectivity index (χ2n) is 4.10. The summed E-state index contributed by atoms with van der Waals surface area (Å²) < 4.78 is 5.62. The standard InChI is InChI=1S/C15H16ClNOS/c16-13-4-1-3-12(9-13)11-19-8-7-18-15-6-2-5-14(17)10-15/h1-6,9-10H,7-8,11,17H2. The number of nitrogens with two attached hydrogens (primary N) is 1. The lowest BCUT2D eigenvalue weighted by Crippen LogP contribution is -2.00. The van der Waals surface area contributed by atoms with Crippen molar-refractivity contribution in [2.75, 3.05) is 18.1 Å². The van der Waals surface area contributed by atoms with Crippen molar-refractivity contribution in [3.05, 3.63) is 59.1 Å². The molecule has 2 aromatic rings. The Morgan fingerprint density at radius 3 is 2.74 bits per heavy atom. The molecule has 4 heteroatoms. The third-order valence-electron chi connectivity index (χ3n) is 2.51. The zero-order valence-electron chi connectivity index (χ0n) is 10.5. The summed E-state index contributed by atoms with van der Waals surface area (Å²) in [5.41, 5.74) is 7.64. The maximum atomic E-state index is 5.93. The van der Waals surface area contributed by atoms with Crippen LogP contribution in [0.5, 0.6) is 5.75 Å². The van der Waals surface area contributed by atoms with E-state index in [-0.39, 0.29) is 0 Å². The lowest BCUT2D eigenvalue weighted by atomic mass is 10.2. The first-order valence-electron chi connectivity index (χ1n) is 6.04. The minimum atomic E-state index is 0.675. The molecule has 2 nitrogen and oxygen atoms in total. The van der Waals surface area contributed by atoms with E-state index < -0.39 is 0 Å². The third kappa shape index (κ3) is 5.05. The first kappa shape index (κ1) is 14.1. The number of nitrogen functional groups attached to an aromatic ring is 1. The fourth-order valence-corrected chi connectivity index (χ4v) is 2.61. The highest BCUT2D eigenvalue weighted by atomic mass is 35.5. The molecule has 0 unspecified atom stereocenters. The number of anilines is 1. The van der Waals surface area contributed by atoms with Gasteiger partial charge in [-0.25, -0.2) is 0 Å². The van der Waals surface area contributed by atoms with Crippen LogP contribution in [0.25, 0.3) is 0 Å². The highest BCUT2D eigenvalue weighted by molar-refractivity contribution is 7.98. The summed E-state index contributed by atoms with van der Waals surface area (Å²) in [7, 11) is 0. The van der Waals surface area contributed by atoms with Gasteiger partial charge in [0.15, 0.2) is 0 Å². The molecule has 0 aromatic heterocycles. The Morgan fingerprint density at radius 2 is 1.95 bits per heavy atom. The van der Waals surface area contributed by atoms with Gasteiger partial charge in [-0.05, 0) is 29.8 Å². The SMILES string of the molecule is Nc1cccc(OCCSCc2cccc(Cl)c2)c1. The van der Waals surface area contributed by atoms with Gasteiger partial charge in [0.05, 0.1) is 6.61 Å². The van der Waals surface area contributed by atoms with Crippen molar-refractivity contribution in [2.45, 2.75) is 5.75 Å². The molecule has 0 saturated carbocycles. The first-order chi connectivity index (χ1) is 9.24. The minimum Gasteiger partial charge on any atom is -0.493 e. The second kappa shape index (κ2) is 7.31. The topological polar surface area (TPSA) is 35.2 Å². The van der Waals surface area contributed by atoms with Crippen molar-refractivity contribution in [3.8, 4) is 5.75 Å². The molecular formula is C15H16ClNOS. The number of hydrogen-bond acceptors (Lipinski definition) is 3. The zero-order chi connectivity index (χ0) is 13.5. The Morgan fingerprint density at radius 1 is 1.11 bits per heavy atom. The predicted molar refractivity (Wildman–Crippen MR) is 84.0 cm³/mol. The number of ether oxygens (including phenoxy) is 1. The van der Waals surface area contributed by atoms with E-state index in [0.29, 0.717) is 6.61 Å². The van der Waals surface area contributed by atoms with Crippen LogP contribution in [-0.2, 0) is 5.75 Å². The molecule has 0 aliphatic rings. The summed E-state index contributed by atoms with van der Waals surface area (Å²) in [4.78, 5) is 0. The lowest BCUT2D eigenvalue weighted by Gasteiger charge is -2.06. The van der Waals surface area contributed by atoms with E-state index in [1.807, 2.05) is 54.2 Å². The highest BCUT2D eigenvalue weighted by Gasteiger charge is 1.97. The van der Waals surface area contributed by atoms with Crippen molar-refractivity contribution in [1.29, 1.82) is 0 Å². The van der Waals surface area contributed by atoms with Crippen LogP contribution < -0.4 is 10.5 Å². The molecule has 2 rings (SSSR count). The fraction of sp³-hybridized carbons (Fsp3) is 0.200. The van der Waals surface area contributed by atoms with Crippen molar-refractivity contribution in [2.24, 2.45) is 0 Å². The molecule has 2 aromatic carbocycles. The maximum Gasteiger partial charge on any atom is 0.121 e. The number of halogens is 1. The van der Waals surface area contributed by atoms with Crippen LogP contribution in [0.15, 0.2) is 48.5 Å². The number of thioether (sulfide) groups is 1. The van der Waals surface area contributed by atoms with E-state index in [4.69, 9.17) is 22.1 Å². The van der Waals surface area contributed by atoms with Gasteiger partial charge in [0.2, 0.25) is 0 Å². The third-order valence-corrected chi connectivity index (χ3v) is 3.74. The average molecular weight is 294 g/mol. The molecule has 0 heterocycles. The van der Waals surface area contributed by atoms with Crippen LogP contribution in [-0.4, -0.2) is 12.4 Å². The van der Waals surface area contributed by atoms with Crippen molar-refractivity contribution in [1.82, 2.24) is 0 Å². The molecule has 0 amide bonds. The molecule has 0 saturated heterocycles. The van der Waals surface area contributed by atoms with Gasteiger partial charge in [0.1, 0.15) is 5.75 Å². The summed E-state index contributed by atoms with van der Waals surface area (Å²) in [6, 6.07) is 15.4. The Balaban J connectivity index is 1.67. The minimum absolute atomic E-state index is 0.675. The number of hydrogen-bond donors (Lipinski definition) is 1. The van der Waals surface area contributed by atoms with Crippen molar-refractivity contribution < 1.29 is 4.74 Å². The number of benzene rings is 2. The van der Waals surface area contributed by atoms with E-state index in [1.54, 1.807) is 0 Å². The van der Waals surface area contributed by atoms with Crippen LogP contribution in [0.2, 0.25) is 5.02 Å². The molecule has 0 radical (unpaired) electrons. The second-order valence-corrected chi connectivity index (χ2v) is 5.65. The summed E-state index contributed by atoms with van der Waals surface area (Å²) in [5, 5.41) is 0.786. The average Bonchev–Trinajstić information content (AvgIpc) is 2.38. The van der Waals surface area contributed by atoms with E-state index >= 15 is 0 Å². The predicted octanol–water partition coefficient (Wildman–Crippen LogP) is 4.23. The molecule has 19 heavy (non-hydrogen) atoms. The molecule has 0 spiro atoms. The zero-order valence-corrected chi connectivity index (χ0v) is 12.1. The molecular weight excluding hydrogens is 278 g/mol. The van der Waals surface area contributed by atoms with Crippen LogP contribution >= 0.6 is 23.4 Å². The van der Waals surface area contributed by atoms with Crippen LogP contribution in [0.1, 0.15) is 5.56 Å². The molecule has 2 N–H and O–H groups in total. The van der Waals surface area contributed by atoms with Gasteiger partial charge in [-0.2, -0.15) is 11.8 Å². The Kier molecular flexibility index (Phi) is 5.43. The van der Waals surface area contributed by atoms with Gasteiger partial charge in [0.25, 0.3) is 0 Å². The van der Waals surface area contributed by atoms with Gasteiger partial charge in [-0.1, -0.05) is 29.8 Å². The Bertz CT molecular complexity index is 486. The van der Waals surface area contributed by atoms with E-state index in [0.717, 1.165) is 28.0 Å². The Hall–Kier alpha value is -1.32. The van der Waals surface area contributed by atoms with E-state index in [2.05, 4.69) is 6.07 Å². The quantitative estimate of drug-likeness (QED) is 0.639. The van der Waals surface area contributed by atoms with Crippen LogP contribution in [0.4, 0.5) is 5.69 Å². The molecule has 0 fully saturated rings. The highest BCUT2D eigenvalue weighted by Crippen LogP contribution is 2.18. The van der Waals surface area contributed by atoms with Gasteiger partial charge in [0, 0.05) is 28.3 Å². The molecule has 0 aliphatic heterocycles. The summed E-state index contributed by atoms with van der Waals surface area (Å²) in [6.45, 7) is 0.675. The van der Waals surface area contributed by atoms with Gasteiger partial charge < -0.3 is 10.5 Å². The summed E-state index contributed by atoms with van der Waals surface area (Å²) in [6.07, 6.45) is 0. The lowest BCUT2D eigenvalue weighted by molar-refractivity contribution is 0.344. The van der Waals surface area contributed by atoms with Gasteiger partial charge >= 0.3 is 0 Å². The Labute approximate surface area is 122 Å². The molecule has 0 atom stereocenters. The molecule has 0 aliphatic carbocycles. The fourth-order valence-electron chi connectivity index (χ4n) is 1.64. The normalized spacial score (nSPS) is 10.4. The number of rotatable bonds is 6. The van der Waals surface area contributed by atoms with E-state index in [9.17, 15) is 0 Å². The molecule has 0 bridgehead atoms. The molecule has 100 valence electrons. The van der Waals surface area contributed by atoms with Crippen LogP contribution in [0.3, 0.4) is 0 Å².